The van der Waals surface area contributed by atoms with Gasteiger partial charge in [-0.05, 0) is 0 Å². The van der Waals surface area contributed by atoms with Crippen LogP contribution in [0, 0.1) is 0 Å². The molecule has 33 valence electrons. The quantitative estimate of drug-likeness (QED) is 0.402. The topological polar surface area (TPSA) is 17.1 Å². The van der Waals surface area contributed by atoms with E-state index in [1.54, 1.807) is 15.9 Å². The molecule has 0 aromatic heterocycles. The van der Waals surface area contributed by atoms with Crippen LogP contribution >= 0.6 is 0 Å². The van der Waals surface area contributed by atoms with Crippen LogP contribution in [0.25, 0.3) is 0 Å². The van der Waals surface area contributed by atoms with Crippen LogP contribution < -0.4 is 51.4 Å². The van der Waals surface area contributed by atoms with Crippen LogP contribution in [0.4, 0.5) is 0 Å². The third kappa shape index (κ3) is 19.5. The fraction of sp³-hybridized carbons (Fsp3) is 0. The second-order valence-corrected chi connectivity index (χ2v) is 0. The van der Waals surface area contributed by atoms with Gasteiger partial charge in [0, 0.05) is 33.6 Å². The van der Waals surface area contributed by atoms with Gasteiger partial charge in [-0.3, -0.25) is 0 Å². The summed E-state index contributed by atoms with van der Waals surface area (Å²) in [5.74, 6) is 0. The Morgan fingerprint density at radius 2 is 1.40 bits per heavy atom. The minimum atomic E-state index is 0. The molecule has 0 saturated carbocycles. The summed E-state index contributed by atoms with van der Waals surface area (Å²) in [5, 5.41) is 0. The van der Waals surface area contributed by atoms with E-state index >= 15 is 0 Å². The molecule has 0 aliphatic heterocycles. The van der Waals surface area contributed by atoms with Crippen molar-refractivity contribution in [1.29, 1.82) is 0 Å². The summed E-state index contributed by atoms with van der Waals surface area (Å²) in [4.78, 5) is 0. The molecule has 0 rings (SSSR count). The molecular formula is HFeKMnNiO. The molecule has 0 amide bonds. The second kappa shape index (κ2) is 28.2. The summed E-state index contributed by atoms with van der Waals surface area (Å²) in [6.45, 7) is 0. The Bertz CT molecular complexity index is 15.5. The van der Waals surface area contributed by atoms with Gasteiger partial charge in [-0.1, -0.05) is 0 Å². The second-order valence-electron chi connectivity index (χ2n) is 0. The standard InChI is InChI=1S/Fe.K.Mn.Ni.O.H/q;+1;;;;-1. The summed E-state index contributed by atoms with van der Waals surface area (Å²) in [6, 6.07) is 0. The molecule has 0 bridgehead atoms. The van der Waals surface area contributed by atoms with Crippen LogP contribution in [0.2, 0.25) is 0 Å². The monoisotopic (exact) mass is 225 g/mol. The normalized spacial score (nSPS) is 0.800. The van der Waals surface area contributed by atoms with Crippen LogP contribution in [0.1, 0.15) is 1.43 Å². The zero-order chi connectivity index (χ0) is 2.00. The van der Waals surface area contributed by atoms with Gasteiger partial charge in [-0.2, -0.15) is 0 Å². The van der Waals surface area contributed by atoms with Crippen molar-refractivity contribution < 1.29 is 106 Å². The molecule has 5 heavy (non-hydrogen) atoms. The molecule has 0 N–H and O–H groups in total. The zero-order valence-corrected chi connectivity index (χ0v) is 8.85. The molecule has 0 saturated heterocycles. The van der Waals surface area contributed by atoms with E-state index in [1.165, 1.54) is 0 Å². The molecule has 0 heterocycles. The molecule has 0 atom stereocenters. The Balaban J connectivity index is -0.000000000833. The molecule has 0 aliphatic rings. The molecule has 0 aliphatic carbocycles. The Hall–Kier alpha value is 2.97. The third-order valence-corrected chi connectivity index (χ3v) is 0. The first kappa shape index (κ1) is 24.6. The van der Waals surface area contributed by atoms with Crippen molar-refractivity contribution in [1.82, 2.24) is 0 Å². The van der Waals surface area contributed by atoms with Gasteiger partial charge in [0.25, 0.3) is 0 Å². The van der Waals surface area contributed by atoms with E-state index < -0.39 is 0 Å². The van der Waals surface area contributed by atoms with Gasteiger partial charge in [0.15, 0.2) is 0 Å². The molecular weight excluding hydrogens is 225 g/mol. The van der Waals surface area contributed by atoms with Crippen LogP contribution in [0.15, 0.2) is 0 Å². The van der Waals surface area contributed by atoms with Gasteiger partial charge in [0.05, 0.1) is 0 Å². The number of hydrogen-bond donors (Lipinski definition) is 0. The maximum atomic E-state index is 8.06. The van der Waals surface area contributed by atoms with Gasteiger partial charge in [-0.25, -0.2) is 0 Å². The number of hydrogen-bond acceptors (Lipinski definition) is 1. The van der Waals surface area contributed by atoms with E-state index in [-0.39, 0.29) is 86.4 Å². The predicted octanol–water partition coefficient (Wildman–Crippen LogP) is -3.01. The Kier molecular flexibility index (Phi) is 138. The van der Waals surface area contributed by atoms with E-state index in [0.717, 1.165) is 0 Å². The van der Waals surface area contributed by atoms with E-state index in [1.807, 2.05) is 0 Å². The molecule has 1 nitrogen and oxygen atoms in total. The van der Waals surface area contributed by atoms with Crippen molar-refractivity contribution in [3.63, 3.8) is 0 Å². The Morgan fingerprint density at radius 1 is 1.40 bits per heavy atom. The molecule has 0 aromatic rings. The van der Waals surface area contributed by atoms with E-state index in [9.17, 15) is 0 Å². The molecule has 5 heteroatoms. The van der Waals surface area contributed by atoms with E-state index in [0.29, 0.717) is 0 Å². The van der Waals surface area contributed by atoms with Crippen LogP contribution in [0.5, 0.6) is 0 Å². The summed E-state index contributed by atoms with van der Waals surface area (Å²) < 4.78 is 8.06. The fourth-order valence-corrected chi connectivity index (χ4v) is 0. The van der Waals surface area contributed by atoms with Gasteiger partial charge in [0.1, 0.15) is 0 Å². The summed E-state index contributed by atoms with van der Waals surface area (Å²) in [6.07, 6.45) is 0. The Labute approximate surface area is 104 Å². The Morgan fingerprint density at radius 3 is 1.40 bits per heavy atom. The van der Waals surface area contributed by atoms with E-state index in [2.05, 4.69) is 0 Å². The number of rotatable bonds is 0. The summed E-state index contributed by atoms with van der Waals surface area (Å²) in [5.41, 5.74) is 0. The average Bonchev–Trinajstić information content (AvgIpc) is 1.00. The van der Waals surface area contributed by atoms with Crippen molar-refractivity contribution in [2.75, 3.05) is 0 Å². The maximum absolute atomic E-state index is 8.06. The first-order chi connectivity index (χ1) is 1.00. The predicted molar refractivity (Wildman–Crippen MR) is 1.80 cm³/mol. The molecule has 0 aromatic carbocycles. The van der Waals surface area contributed by atoms with Crippen molar-refractivity contribution in [2.45, 2.75) is 0 Å². The molecule has 0 fully saturated rings. The van der Waals surface area contributed by atoms with Crippen molar-refractivity contribution >= 4 is 0 Å². The third-order valence-electron chi connectivity index (χ3n) is 0. The molecule has 0 radical (unpaired) electrons. The van der Waals surface area contributed by atoms with Gasteiger partial charge >= 0.3 is 71.2 Å². The van der Waals surface area contributed by atoms with Gasteiger partial charge in [-0.15, -0.1) is 0 Å². The van der Waals surface area contributed by atoms with Gasteiger partial charge < -0.3 is 1.43 Å². The SMILES string of the molecule is [Fe].[H-].[K+].[Ni].[O]=[Mn]. The average molecular weight is 226 g/mol. The summed E-state index contributed by atoms with van der Waals surface area (Å²) in [7, 11) is 0. The van der Waals surface area contributed by atoms with Gasteiger partial charge in [0.2, 0.25) is 0 Å². The first-order valence-corrected chi connectivity index (χ1v) is 0.636. The van der Waals surface area contributed by atoms with Crippen molar-refractivity contribution in [3.05, 3.63) is 0 Å². The van der Waals surface area contributed by atoms with Crippen LogP contribution in [0.3, 0.4) is 0 Å². The zero-order valence-electron chi connectivity index (χ0n) is 3.46. The van der Waals surface area contributed by atoms with Crippen LogP contribution in [-0.2, 0) is 53.3 Å². The fourth-order valence-electron chi connectivity index (χ4n) is 0. The first-order valence-electron chi connectivity index (χ1n) is 0.154. The van der Waals surface area contributed by atoms with Crippen molar-refractivity contribution in [3.8, 4) is 0 Å². The summed E-state index contributed by atoms with van der Waals surface area (Å²) >= 11 is 1.69. The minimum absolute atomic E-state index is 0. The van der Waals surface area contributed by atoms with Crippen molar-refractivity contribution in [2.24, 2.45) is 0 Å². The molecule has 0 spiro atoms. The molecule has 0 unspecified atom stereocenters. The van der Waals surface area contributed by atoms with E-state index in [4.69, 9.17) is 3.83 Å². The van der Waals surface area contributed by atoms with Crippen LogP contribution in [-0.4, -0.2) is 0 Å².